The van der Waals surface area contributed by atoms with E-state index in [0.29, 0.717) is 0 Å². The zero-order chi connectivity index (χ0) is 21.7. The van der Waals surface area contributed by atoms with Gasteiger partial charge in [-0.15, -0.1) is 0 Å². The molecule has 0 spiro atoms. The van der Waals surface area contributed by atoms with Gasteiger partial charge < -0.3 is 28.4 Å². The Balaban J connectivity index is 5.96. The molecule has 0 N–H and O–H groups in total. The Kier molecular flexibility index (Phi) is 7.75. The van der Waals surface area contributed by atoms with Crippen LogP contribution in [-0.4, -0.2) is 76.8 Å². The van der Waals surface area contributed by atoms with Gasteiger partial charge in [-0.05, 0) is 0 Å². The summed E-state index contributed by atoms with van der Waals surface area (Å²) in [5.41, 5.74) is 0. The Morgan fingerprint density at radius 1 is 0.875 bits per heavy atom. The number of carbonyl (C=O) groups excluding carboxylic acids is 3. The molecule has 9 heteroatoms. The Morgan fingerprint density at radius 2 is 1.54 bits per heavy atom. The van der Waals surface area contributed by atoms with E-state index in [1.807, 2.05) is 0 Å². The average Bonchev–Trinajstić information content (AvgIpc) is 2.58. The maximum atomic E-state index is 11.6. The summed E-state index contributed by atoms with van der Waals surface area (Å²) in [5, 5.41) is 0. The first-order valence-corrected chi connectivity index (χ1v) is 6.80. The van der Waals surface area contributed by atoms with Crippen LogP contribution in [0, 0.1) is 0 Å². The molecule has 0 aliphatic carbocycles. The Hall–Kier alpha value is -1.71. The molecule has 0 bridgehead atoms. The van der Waals surface area contributed by atoms with Gasteiger partial charge in [0, 0.05) is 42.0 Å². The molecule has 0 aromatic rings. The smallest absolute Gasteiger partial charge is 0.303 e. The predicted octanol–water partition coefficient (Wildman–Crippen LogP) is 0.0893. The van der Waals surface area contributed by atoms with Crippen molar-refractivity contribution in [2.75, 3.05) is 34.4 Å². The highest BCUT2D eigenvalue weighted by molar-refractivity contribution is 5.67. The lowest BCUT2D eigenvalue weighted by Crippen LogP contribution is -2.52. The third-order valence-electron chi connectivity index (χ3n) is 2.67. The van der Waals surface area contributed by atoms with Gasteiger partial charge in [-0.3, -0.25) is 14.4 Å². The highest BCUT2D eigenvalue weighted by Crippen LogP contribution is 2.18. The van der Waals surface area contributed by atoms with E-state index in [4.69, 9.17) is 33.9 Å². The second kappa shape index (κ2) is 11.8. The van der Waals surface area contributed by atoms with Crippen LogP contribution in [0.5, 0.6) is 0 Å². The van der Waals surface area contributed by atoms with E-state index in [0.717, 1.165) is 20.8 Å². The van der Waals surface area contributed by atoms with Gasteiger partial charge in [-0.2, -0.15) is 0 Å². The number of rotatable bonds is 11. The minimum atomic E-state index is -1.69. The second-order valence-electron chi connectivity index (χ2n) is 4.60. The molecule has 0 aliphatic rings. The second-order valence-corrected chi connectivity index (χ2v) is 4.60. The van der Waals surface area contributed by atoms with E-state index < -0.39 is 70.2 Å². The molecular formula is C15H26O9. The van der Waals surface area contributed by atoms with E-state index in [2.05, 4.69) is 0 Å². The molecule has 0 aromatic heterocycles. The SMILES string of the molecule is [2H]COC[C@@H](OC(C)=O)[C@@H](OC(C)=O)[C@H](OC[2H])[C@H](OC[2H])C([2H])OC(C)=O. The largest absolute Gasteiger partial charge is 0.463 e. The first-order chi connectivity index (χ1) is 13.2. The van der Waals surface area contributed by atoms with Crippen molar-refractivity contribution in [1.82, 2.24) is 0 Å². The van der Waals surface area contributed by atoms with Crippen LogP contribution in [0.15, 0.2) is 0 Å². The van der Waals surface area contributed by atoms with Gasteiger partial charge in [0.1, 0.15) is 18.8 Å². The molecule has 0 amide bonds. The molecule has 0 radical (unpaired) electrons. The summed E-state index contributed by atoms with van der Waals surface area (Å²) in [7, 11) is -1.80. The van der Waals surface area contributed by atoms with Crippen LogP contribution in [0.1, 0.15) is 26.3 Å². The van der Waals surface area contributed by atoms with Crippen molar-refractivity contribution in [1.29, 1.82) is 0 Å². The molecule has 0 saturated carbocycles. The van der Waals surface area contributed by atoms with E-state index in [9.17, 15) is 14.4 Å². The minimum Gasteiger partial charge on any atom is -0.463 e. The van der Waals surface area contributed by atoms with Crippen LogP contribution >= 0.6 is 0 Å². The van der Waals surface area contributed by atoms with E-state index >= 15 is 0 Å². The monoisotopic (exact) mass is 354 g/mol. The number of esters is 3. The van der Waals surface area contributed by atoms with E-state index in [1.54, 1.807) is 0 Å². The first-order valence-electron chi connectivity index (χ1n) is 9.50. The topological polar surface area (TPSA) is 107 Å². The normalized spacial score (nSPS) is 19.3. The van der Waals surface area contributed by atoms with Crippen LogP contribution in [0.4, 0.5) is 0 Å². The van der Waals surface area contributed by atoms with Crippen molar-refractivity contribution < 1.29 is 48.3 Å². The van der Waals surface area contributed by atoms with Crippen LogP contribution in [0.3, 0.4) is 0 Å². The van der Waals surface area contributed by atoms with E-state index in [-0.39, 0.29) is 6.61 Å². The Morgan fingerprint density at radius 3 is 2.04 bits per heavy atom. The molecule has 0 rings (SSSR count). The summed E-state index contributed by atoms with van der Waals surface area (Å²) in [5.74, 6) is -2.35. The quantitative estimate of drug-likeness (QED) is 0.377. The van der Waals surface area contributed by atoms with Gasteiger partial charge in [0.2, 0.25) is 0 Å². The highest BCUT2D eigenvalue weighted by atomic mass is 16.6. The molecule has 0 aromatic carbocycles. The molecule has 0 aliphatic heterocycles. The average molecular weight is 354 g/mol. The van der Waals surface area contributed by atoms with Gasteiger partial charge in [-0.1, -0.05) is 0 Å². The van der Waals surface area contributed by atoms with Crippen molar-refractivity contribution in [2.24, 2.45) is 0 Å². The lowest BCUT2D eigenvalue weighted by atomic mass is 10.0. The van der Waals surface area contributed by atoms with Gasteiger partial charge in [-0.25, -0.2) is 0 Å². The molecule has 140 valence electrons. The van der Waals surface area contributed by atoms with Crippen LogP contribution in [0.2, 0.25) is 0 Å². The summed E-state index contributed by atoms with van der Waals surface area (Å²) in [4.78, 5) is 34.2. The van der Waals surface area contributed by atoms with Gasteiger partial charge in [0.05, 0.1) is 12.1 Å². The number of methoxy groups -OCH3 is 3. The molecular weight excluding hydrogens is 324 g/mol. The third kappa shape index (κ3) is 8.23. The maximum Gasteiger partial charge on any atom is 0.303 e. The summed E-state index contributed by atoms with van der Waals surface area (Å²) in [6, 6.07) is 0. The molecule has 1 unspecified atom stereocenters. The summed E-state index contributed by atoms with van der Waals surface area (Å²) < 4.78 is 60.0. The summed E-state index contributed by atoms with van der Waals surface area (Å²) >= 11 is 0. The number of carbonyl (C=O) groups is 3. The lowest BCUT2D eigenvalue weighted by Gasteiger charge is -2.34. The number of hydrogen-bond donors (Lipinski definition) is 0. The third-order valence-corrected chi connectivity index (χ3v) is 2.67. The standard InChI is InChI=1S/C15H26O9/c1-9(16)22-8-12(20-5)14(21-6)15(24-11(3)18)13(7-19-4)23-10(2)17/h12-15H,7-8H2,1-6H3/t12-,13-,14-,15-/m1/s1/i4D,5D,6D,8D/t8?,12-,13-,14-,15-. The van der Waals surface area contributed by atoms with Crippen molar-refractivity contribution in [3.8, 4) is 0 Å². The van der Waals surface area contributed by atoms with Crippen molar-refractivity contribution >= 4 is 17.9 Å². The fraction of sp³-hybridized carbons (Fsp3) is 0.800. The number of ether oxygens (including phenoxy) is 6. The van der Waals surface area contributed by atoms with Crippen LogP contribution < -0.4 is 0 Å². The fourth-order valence-electron chi connectivity index (χ4n) is 1.82. The van der Waals surface area contributed by atoms with Gasteiger partial charge >= 0.3 is 17.9 Å². The minimum absolute atomic E-state index is 0.358. The van der Waals surface area contributed by atoms with Crippen molar-refractivity contribution in [2.45, 2.75) is 45.2 Å². The predicted molar refractivity (Wildman–Crippen MR) is 81.2 cm³/mol. The molecule has 24 heavy (non-hydrogen) atoms. The Bertz CT molecular complexity index is 494. The molecule has 0 heterocycles. The zero-order valence-electron chi connectivity index (χ0n) is 17.9. The first kappa shape index (κ1) is 15.8. The summed E-state index contributed by atoms with van der Waals surface area (Å²) in [6.07, 6.45) is -5.58. The fourth-order valence-corrected chi connectivity index (χ4v) is 1.82. The van der Waals surface area contributed by atoms with E-state index in [1.165, 1.54) is 0 Å². The zero-order valence-corrected chi connectivity index (χ0v) is 13.9. The lowest BCUT2D eigenvalue weighted by molar-refractivity contribution is -0.196. The molecule has 5 atom stereocenters. The van der Waals surface area contributed by atoms with Crippen molar-refractivity contribution in [3.05, 3.63) is 0 Å². The van der Waals surface area contributed by atoms with Crippen LogP contribution in [-0.2, 0) is 42.8 Å². The maximum absolute atomic E-state index is 11.6. The van der Waals surface area contributed by atoms with Gasteiger partial charge in [0.25, 0.3) is 0 Å². The Labute approximate surface area is 147 Å². The molecule has 0 saturated heterocycles. The summed E-state index contributed by atoms with van der Waals surface area (Å²) in [6.45, 7) is 1.19. The molecule has 0 fully saturated rings. The van der Waals surface area contributed by atoms with Gasteiger partial charge in [0.15, 0.2) is 12.2 Å². The van der Waals surface area contributed by atoms with Crippen LogP contribution in [0.25, 0.3) is 0 Å². The van der Waals surface area contributed by atoms with Crippen molar-refractivity contribution in [3.63, 3.8) is 0 Å². The number of hydrogen-bond acceptors (Lipinski definition) is 9. The highest BCUT2D eigenvalue weighted by Gasteiger charge is 2.40. The molecule has 9 nitrogen and oxygen atoms in total.